The fourth-order valence-electron chi connectivity index (χ4n) is 1.39. The summed E-state index contributed by atoms with van der Waals surface area (Å²) in [6.07, 6.45) is 8.18. The lowest BCUT2D eigenvalue weighted by Crippen LogP contribution is -2.16. The molecular formula is C11H16N2S. The van der Waals surface area contributed by atoms with E-state index >= 15 is 0 Å². The molecule has 1 aromatic heterocycles. The summed E-state index contributed by atoms with van der Waals surface area (Å²) in [7, 11) is 1.97. The van der Waals surface area contributed by atoms with Gasteiger partial charge in [-0.25, -0.2) is 4.98 Å². The molecule has 1 unspecified atom stereocenters. The van der Waals surface area contributed by atoms with E-state index in [1.54, 1.807) is 11.3 Å². The molecule has 0 spiro atoms. The Labute approximate surface area is 89.8 Å². The molecular weight excluding hydrogens is 192 g/mol. The summed E-state index contributed by atoms with van der Waals surface area (Å²) in [4.78, 5) is 4.46. The highest BCUT2D eigenvalue weighted by Gasteiger charge is 2.11. The van der Waals surface area contributed by atoms with Crippen molar-refractivity contribution in [1.29, 1.82) is 0 Å². The van der Waals surface area contributed by atoms with Crippen LogP contribution in [0.2, 0.25) is 0 Å². The van der Waals surface area contributed by atoms with Gasteiger partial charge >= 0.3 is 0 Å². The number of nitrogens with one attached hydrogen (secondary N) is 1. The van der Waals surface area contributed by atoms with E-state index in [-0.39, 0.29) is 0 Å². The largest absolute Gasteiger partial charge is 0.312 e. The molecule has 1 rings (SSSR count). The van der Waals surface area contributed by atoms with Crippen LogP contribution in [-0.2, 0) is 0 Å². The molecule has 0 saturated carbocycles. The molecule has 0 aliphatic carbocycles. The van der Waals surface area contributed by atoms with E-state index in [2.05, 4.69) is 21.6 Å². The van der Waals surface area contributed by atoms with E-state index < -0.39 is 0 Å². The number of rotatable bonds is 5. The van der Waals surface area contributed by atoms with Crippen LogP contribution in [0.1, 0.15) is 36.0 Å². The average Bonchev–Trinajstić information content (AvgIpc) is 2.60. The van der Waals surface area contributed by atoms with Crippen LogP contribution >= 0.6 is 11.3 Å². The lowest BCUT2D eigenvalue weighted by molar-refractivity contribution is 0.521. The molecule has 0 aliphatic rings. The van der Waals surface area contributed by atoms with Crippen molar-refractivity contribution < 1.29 is 0 Å². The van der Waals surface area contributed by atoms with Crippen LogP contribution in [0.25, 0.3) is 0 Å². The van der Waals surface area contributed by atoms with Gasteiger partial charge in [0, 0.05) is 11.8 Å². The average molecular weight is 208 g/mol. The molecule has 76 valence electrons. The number of nitrogens with zero attached hydrogens (tertiary/aromatic N) is 1. The lowest BCUT2D eigenvalue weighted by atomic mass is 10.1. The highest BCUT2D eigenvalue weighted by Crippen LogP contribution is 2.20. The zero-order valence-corrected chi connectivity index (χ0v) is 9.53. The second-order valence-electron chi connectivity index (χ2n) is 3.23. The lowest BCUT2D eigenvalue weighted by Gasteiger charge is -2.12. The van der Waals surface area contributed by atoms with Gasteiger partial charge in [0.1, 0.15) is 0 Å². The Morgan fingerprint density at radius 2 is 2.50 bits per heavy atom. The van der Waals surface area contributed by atoms with Crippen LogP contribution in [0.3, 0.4) is 0 Å². The highest BCUT2D eigenvalue weighted by molar-refractivity contribution is 7.09. The summed E-state index contributed by atoms with van der Waals surface area (Å²) in [5.74, 6) is 2.66. The first kappa shape index (κ1) is 11.2. The van der Waals surface area contributed by atoms with Gasteiger partial charge < -0.3 is 5.32 Å². The topological polar surface area (TPSA) is 24.9 Å². The van der Waals surface area contributed by atoms with Crippen LogP contribution in [0, 0.1) is 19.3 Å². The van der Waals surface area contributed by atoms with E-state index in [0.717, 1.165) is 30.0 Å². The van der Waals surface area contributed by atoms with Gasteiger partial charge in [0.25, 0.3) is 0 Å². The van der Waals surface area contributed by atoms with Crippen molar-refractivity contribution in [3.63, 3.8) is 0 Å². The maximum absolute atomic E-state index is 5.22. The summed E-state index contributed by atoms with van der Waals surface area (Å²) in [6, 6.07) is 0.355. The molecule has 0 saturated heterocycles. The van der Waals surface area contributed by atoms with Crippen molar-refractivity contribution in [3.8, 4) is 12.3 Å². The third-order valence-corrected chi connectivity index (χ3v) is 2.95. The van der Waals surface area contributed by atoms with Gasteiger partial charge in [-0.05, 0) is 26.8 Å². The van der Waals surface area contributed by atoms with Crippen LogP contribution in [0.15, 0.2) is 5.38 Å². The fourth-order valence-corrected chi connectivity index (χ4v) is 2.05. The van der Waals surface area contributed by atoms with Crippen LogP contribution < -0.4 is 5.32 Å². The SMILES string of the molecule is C#CCCCC(NC)c1csc(C)n1. The molecule has 0 bridgehead atoms. The van der Waals surface area contributed by atoms with Gasteiger partial charge in [-0.15, -0.1) is 23.7 Å². The molecule has 3 heteroatoms. The van der Waals surface area contributed by atoms with E-state index in [1.165, 1.54) is 0 Å². The first-order valence-corrected chi connectivity index (χ1v) is 5.68. The first-order valence-electron chi connectivity index (χ1n) is 4.80. The molecule has 1 aromatic rings. The Balaban J connectivity index is 2.50. The molecule has 1 heterocycles. The Morgan fingerprint density at radius 1 is 1.71 bits per heavy atom. The van der Waals surface area contributed by atoms with Crippen LogP contribution in [0.4, 0.5) is 0 Å². The van der Waals surface area contributed by atoms with Gasteiger partial charge in [-0.1, -0.05) is 0 Å². The van der Waals surface area contributed by atoms with Gasteiger partial charge in [-0.2, -0.15) is 0 Å². The molecule has 0 aromatic carbocycles. The van der Waals surface area contributed by atoms with Crippen LogP contribution in [-0.4, -0.2) is 12.0 Å². The normalized spacial score (nSPS) is 12.4. The summed E-state index contributed by atoms with van der Waals surface area (Å²) in [5.41, 5.74) is 1.15. The van der Waals surface area contributed by atoms with Gasteiger partial charge in [0.05, 0.1) is 16.7 Å². The number of aryl methyl sites for hydroxylation is 1. The zero-order valence-electron chi connectivity index (χ0n) is 8.71. The van der Waals surface area contributed by atoms with E-state index in [1.807, 2.05) is 14.0 Å². The summed E-state index contributed by atoms with van der Waals surface area (Å²) >= 11 is 1.70. The molecule has 0 amide bonds. The van der Waals surface area contributed by atoms with Gasteiger partial charge in [0.15, 0.2) is 0 Å². The maximum atomic E-state index is 5.22. The quantitative estimate of drug-likeness (QED) is 0.594. The predicted molar refractivity (Wildman–Crippen MR) is 61.3 cm³/mol. The molecule has 0 aliphatic heterocycles. The molecule has 0 fully saturated rings. The number of terminal acetylenes is 1. The third kappa shape index (κ3) is 3.13. The highest BCUT2D eigenvalue weighted by atomic mass is 32.1. The number of thiazole rings is 1. The molecule has 1 N–H and O–H groups in total. The molecule has 14 heavy (non-hydrogen) atoms. The minimum atomic E-state index is 0.355. The standard InChI is InChI=1S/C11H16N2S/c1-4-5-6-7-10(12-3)11-8-14-9(2)13-11/h1,8,10,12H,5-7H2,2-3H3. The monoisotopic (exact) mass is 208 g/mol. The van der Waals surface area contributed by atoms with Crippen LogP contribution in [0.5, 0.6) is 0 Å². The third-order valence-electron chi connectivity index (χ3n) is 2.16. The van der Waals surface area contributed by atoms with Crippen molar-refractivity contribution in [2.24, 2.45) is 0 Å². The van der Waals surface area contributed by atoms with Crippen molar-refractivity contribution in [2.45, 2.75) is 32.2 Å². The minimum absolute atomic E-state index is 0.355. The Morgan fingerprint density at radius 3 is 3.00 bits per heavy atom. The predicted octanol–water partition coefficient (Wildman–Crippen LogP) is 2.52. The summed E-state index contributed by atoms with van der Waals surface area (Å²) in [6.45, 7) is 2.03. The van der Waals surface area contributed by atoms with E-state index in [0.29, 0.717) is 6.04 Å². The Hall–Kier alpha value is -0.850. The second kappa shape index (κ2) is 5.79. The van der Waals surface area contributed by atoms with Gasteiger partial charge in [0.2, 0.25) is 0 Å². The smallest absolute Gasteiger partial charge is 0.0898 e. The number of hydrogen-bond acceptors (Lipinski definition) is 3. The van der Waals surface area contributed by atoms with Crippen molar-refractivity contribution in [1.82, 2.24) is 10.3 Å². The van der Waals surface area contributed by atoms with Crippen molar-refractivity contribution in [2.75, 3.05) is 7.05 Å². The summed E-state index contributed by atoms with van der Waals surface area (Å²) in [5, 5.41) is 6.51. The number of aromatic nitrogens is 1. The molecule has 0 radical (unpaired) electrons. The van der Waals surface area contributed by atoms with E-state index in [4.69, 9.17) is 6.42 Å². The fraction of sp³-hybridized carbons (Fsp3) is 0.545. The van der Waals surface area contributed by atoms with E-state index in [9.17, 15) is 0 Å². The Bertz CT molecular complexity index is 311. The molecule has 1 atom stereocenters. The summed E-state index contributed by atoms with van der Waals surface area (Å²) < 4.78 is 0. The molecule has 2 nitrogen and oxygen atoms in total. The van der Waals surface area contributed by atoms with Crippen molar-refractivity contribution >= 4 is 11.3 Å². The maximum Gasteiger partial charge on any atom is 0.0898 e. The zero-order chi connectivity index (χ0) is 10.4. The number of hydrogen-bond donors (Lipinski definition) is 1. The minimum Gasteiger partial charge on any atom is -0.312 e. The van der Waals surface area contributed by atoms with Gasteiger partial charge in [-0.3, -0.25) is 0 Å². The Kier molecular flexibility index (Phi) is 4.64. The van der Waals surface area contributed by atoms with Crippen molar-refractivity contribution in [3.05, 3.63) is 16.1 Å². The second-order valence-corrected chi connectivity index (χ2v) is 4.29. The first-order chi connectivity index (χ1) is 6.77. The number of unbranched alkanes of at least 4 members (excludes halogenated alkanes) is 1.